The number of carbonyl (C=O) groups is 1. The molecule has 0 N–H and O–H groups in total. The van der Waals surface area contributed by atoms with Crippen LogP contribution < -0.4 is 0 Å². The molecule has 3 atom stereocenters. The van der Waals surface area contributed by atoms with Gasteiger partial charge in [-0.25, -0.2) is 0 Å². The summed E-state index contributed by atoms with van der Waals surface area (Å²) in [6.45, 7) is 6.61. The molecular formula is C15H22O. The zero-order valence-electron chi connectivity index (χ0n) is 10.6. The fraction of sp³-hybridized carbons (Fsp3) is 0.667. The van der Waals surface area contributed by atoms with Crippen molar-refractivity contribution in [2.45, 2.75) is 46.5 Å². The minimum atomic E-state index is 0.512. The predicted octanol–water partition coefficient (Wildman–Crippen LogP) is 3.90. The molecular weight excluding hydrogens is 196 g/mol. The van der Waals surface area contributed by atoms with E-state index >= 15 is 0 Å². The molecule has 1 saturated carbocycles. The zero-order valence-corrected chi connectivity index (χ0v) is 10.6. The number of rotatable bonds is 4. The van der Waals surface area contributed by atoms with Gasteiger partial charge in [-0.2, -0.15) is 0 Å². The molecule has 1 heteroatoms. The van der Waals surface area contributed by atoms with Gasteiger partial charge in [0.05, 0.1) is 0 Å². The van der Waals surface area contributed by atoms with E-state index in [1.807, 2.05) is 6.92 Å². The molecule has 0 aromatic heterocycles. The number of hydrogen-bond donors (Lipinski definition) is 0. The summed E-state index contributed by atoms with van der Waals surface area (Å²) in [5.74, 6) is 1.71. The van der Waals surface area contributed by atoms with Crippen molar-refractivity contribution in [1.82, 2.24) is 0 Å². The van der Waals surface area contributed by atoms with E-state index < -0.39 is 0 Å². The minimum absolute atomic E-state index is 0.512. The van der Waals surface area contributed by atoms with E-state index in [4.69, 9.17) is 0 Å². The summed E-state index contributed by atoms with van der Waals surface area (Å²) in [5, 5.41) is 0. The number of allylic oxidation sites excluding steroid dienone is 4. The summed E-state index contributed by atoms with van der Waals surface area (Å²) in [6, 6.07) is 0. The third-order valence-corrected chi connectivity index (χ3v) is 4.86. The minimum Gasteiger partial charge on any atom is -0.298 e. The number of fused-ring (bicyclic) bond motifs is 1. The van der Waals surface area contributed by atoms with Gasteiger partial charge in [0, 0.05) is 0 Å². The second-order valence-electron chi connectivity index (χ2n) is 5.78. The second kappa shape index (κ2) is 4.20. The van der Waals surface area contributed by atoms with Gasteiger partial charge in [0.2, 0.25) is 0 Å². The molecule has 0 aliphatic heterocycles. The highest BCUT2D eigenvalue weighted by Crippen LogP contribution is 2.61. The van der Waals surface area contributed by atoms with Gasteiger partial charge in [-0.3, -0.25) is 4.79 Å². The standard InChI is InChI=1S/C15H22O/c1-11(10-16)5-4-8-15(3)13-7-6-12(2)14(15)9-13/h5-6,10,13-14H,4,7-9H2,1-3H3/b11-5-/t13?,14-,15+/m1/s1. The van der Waals surface area contributed by atoms with Crippen molar-refractivity contribution < 1.29 is 4.79 Å². The molecule has 1 nitrogen and oxygen atoms in total. The Morgan fingerprint density at radius 1 is 1.62 bits per heavy atom. The van der Waals surface area contributed by atoms with Gasteiger partial charge in [-0.05, 0) is 62.4 Å². The van der Waals surface area contributed by atoms with Crippen LogP contribution in [0.3, 0.4) is 0 Å². The van der Waals surface area contributed by atoms with Crippen molar-refractivity contribution in [3.05, 3.63) is 23.3 Å². The lowest BCUT2D eigenvalue weighted by Gasteiger charge is -2.58. The molecule has 0 radical (unpaired) electrons. The van der Waals surface area contributed by atoms with Crippen molar-refractivity contribution in [1.29, 1.82) is 0 Å². The Morgan fingerprint density at radius 2 is 2.38 bits per heavy atom. The van der Waals surface area contributed by atoms with Crippen LogP contribution in [0.1, 0.15) is 46.5 Å². The Hall–Kier alpha value is -0.850. The van der Waals surface area contributed by atoms with E-state index in [-0.39, 0.29) is 0 Å². The molecule has 3 rings (SSSR count). The van der Waals surface area contributed by atoms with Crippen LogP contribution in [0.2, 0.25) is 0 Å². The first-order valence-corrected chi connectivity index (χ1v) is 6.36. The topological polar surface area (TPSA) is 17.1 Å². The van der Waals surface area contributed by atoms with Gasteiger partial charge in [-0.15, -0.1) is 0 Å². The second-order valence-corrected chi connectivity index (χ2v) is 5.78. The molecule has 0 saturated heterocycles. The van der Waals surface area contributed by atoms with Crippen molar-refractivity contribution in [2.75, 3.05) is 0 Å². The van der Waals surface area contributed by atoms with E-state index in [1.54, 1.807) is 5.57 Å². The number of carbonyl (C=O) groups excluding carboxylic acids is 1. The average molecular weight is 218 g/mol. The van der Waals surface area contributed by atoms with E-state index in [2.05, 4.69) is 26.0 Å². The van der Waals surface area contributed by atoms with Crippen LogP contribution in [0, 0.1) is 17.3 Å². The van der Waals surface area contributed by atoms with Gasteiger partial charge in [0.15, 0.2) is 0 Å². The average Bonchev–Trinajstić information content (AvgIpc) is 2.28. The molecule has 0 aromatic carbocycles. The summed E-state index contributed by atoms with van der Waals surface area (Å²) in [6.07, 6.45) is 10.4. The lowest BCUT2D eigenvalue weighted by molar-refractivity contribution is -0.104. The van der Waals surface area contributed by atoms with Crippen molar-refractivity contribution >= 4 is 6.29 Å². The highest BCUT2D eigenvalue weighted by Gasteiger charge is 2.52. The van der Waals surface area contributed by atoms with E-state index in [1.165, 1.54) is 19.3 Å². The maximum Gasteiger partial charge on any atom is 0.145 e. The van der Waals surface area contributed by atoms with Crippen LogP contribution >= 0.6 is 0 Å². The Bertz CT molecular complexity index is 350. The molecule has 0 spiro atoms. The first kappa shape index (κ1) is 11.6. The quantitative estimate of drug-likeness (QED) is 0.397. The van der Waals surface area contributed by atoms with Crippen LogP contribution in [0.25, 0.3) is 0 Å². The Morgan fingerprint density at radius 3 is 2.94 bits per heavy atom. The predicted molar refractivity (Wildman–Crippen MR) is 67.1 cm³/mol. The maximum absolute atomic E-state index is 10.5. The third kappa shape index (κ3) is 1.77. The fourth-order valence-corrected chi connectivity index (χ4v) is 3.53. The van der Waals surface area contributed by atoms with E-state index in [0.29, 0.717) is 5.41 Å². The fourth-order valence-electron chi connectivity index (χ4n) is 3.53. The molecule has 88 valence electrons. The van der Waals surface area contributed by atoms with E-state index in [9.17, 15) is 4.79 Å². The molecule has 3 aliphatic carbocycles. The Balaban J connectivity index is 1.96. The summed E-state index contributed by atoms with van der Waals surface area (Å²) in [7, 11) is 0. The van der Waals surface area contributed by atoms with Gasteiger partial charge in [0.25, 0.3) is 0 Å². The van der Waals surface area contributed by atoms with Crippen molar-refractivity contribution in [2.24, 2.45) is 17.3 Å². The zero-order chi connectivity index (χ0) is 11.8. The van der Waals surface area contributed by atoms with Crippen LogP contribution in [0.4, 0.5) is 0 Å². The van der Waals surface area contributed by atoms with E-state index in [0.717, 1.165) is 30.1 Å². The van der Waals surface area contributed by atoms with Gasteiger partial charge in [0.1, 0.15) is 6.29 Å². The molecule has 0 aromatic rings. The SMILES string of the molecule is CC1=CCC2C[C@H]1[C@@]2(C)CC/C=C(/C)C=O. The van der Waals surface area contributed by atoms with Crippen LogP contribution in [-0.4, -0.2) is 6.29 Å². The highest BCUT2D eigenvalue weighted by atomic mass is 16.1. The third-order valence-electron chi connectivity index (χ3n) is 4.86. The molecule has 1 unspecified atom stereocenters. The van der Waals surface area contributed by atoms with Gasteiger partial charge >= 0.3 is 0 Å². The Kier molecular flexibility index (Phi) is 3.05. The molecule has 16 heavy (non-hydrogen) atoms. The molecule has 2 bridgehead atoms. The summed E-state index contributed by atoms with van der Waals surface area (Å²) in [5.41, 5.74) is 2.99. The first-order chi connectivity index (χ1) is 7.58. The smallest absolute Gasteiger partial charge is 0.145 e. The summed E-state index contributed by atoms with van der Waals surface area (Å²) in [4.78, 5) is 10.5. The van der Waals surface area contributed by atoms with Crippen LogP contribution in [-0.2, 0) is 4.79 Å². The number of hydrogen-bond acceptors (Lipinski definition) is 1. The van der Waals surface area contributed by atoms with Gasteiger partial charge < -0.3 is 0 Å². The maximum atomic E-state index is 10.5. The summed E-state index contributed by atoms with van der Waals surface area (Å²) < 4.78 is 0. The Labute approximate surface area is 98.6 Å². The molecule has 3 aliphatic rings. The number of aldehydes is 1. The first-order valence-electron chi connectivity index (χ1n) is 6.36. The monoisotopic (exact) mass is 218 g/mol. The van der Waals surface area contributed by atoms with Crippen molar-refractivity contribution in [3.63, 3.8) is 0 Å². The van der Waals surface area contributed by atoms with Crippen LogP contribution in [0.15, 0.2) is 23.3 Å². The normalized spacial score (nSPS) is 37.7. The highest BCUT2D eigenvalue weighted by molar-refractivity contribution is 5.71. The molecule has 1 fully saturated rings. The molecule has 0 amide bonds. The van der Waals surface area contributed by atoms with Gasteiger partial charge in [-0.1, -0.05) is 24.6 Å². The lowest BCUT2D eigenvalue weighted by atomic mass is 9.47. The van der Waals surface area contributed by atoms with Crippen LogP contribution in [0.5, 0.6) is 0 Å². The summed E-state index contributed by atoms with van der Waals surface area (Å²) >= 11 is 0. The largest absolute Gasteiger partial charge is 0.298 e. The lowest BCUT2D eigenvalue weighted by Crippen LogP contribution is -2.49. The molecule has 0 heterocycles. The van der Waals surface area contributed by atoms with Crippen molar-refractivity contribution in [3.8, 4) is 0 Å².